The first-order valence-electron chi connectivity index (χ1n) is 4.95. The van der Waals surface area contributed by atoms with Gasteiger partial charge in [0.2, 0.25) is 0 Å². The van der Waals surface area contributed by atoms with E-state index in [1.165, 1.54) is 5.56 Å². The monoisotopic (exact) mass is 277 g/mol. The molecule has 0 bridgehead atoms. The number of halogens is 1. The van der Waals surface area contributed by atoms with Gasteiger partial charge in [0.15, 0.2) is 0 Å². The van der Waals surface area contributed by atoms with E-state index < -0.39 is 0 Å². The minimum atomic E-state index is 0.634. The van der Waals surface area contributed by atoms with E-state index >= 15 is 0 Å². The lowest BCUT2D eigenvalue weighted by Gasteiger charge is -2.10. The average molecular weight is 278 g/mol. The highest BCUT2D eigenvalue weighted by Crippen LogP contribution is 2.32. The van der Waals surface area contributed by atoms with Crippen molar-refractivity contribution in [1.29, 1.82) is 0 Å². The summed E-state index contributed by atoms with van der Waals surface area (Å²) in [7, 11) is 0. The molecule has 0 atom stereocenters. The zero-order valence-electron chi connectivity index (χ0n) is 8.91. The first-order chi connectivity index (χ1) is 7.66. The third-order valence-electron chi connectivity index (χ3n) is 2.23. The maximum absolute atomic E-state index is 5.81. The Labute approximate surface area is 103 Å². The molecule has 0 radical (unpaired) electrons. The molecule has 0 saturated heterocycles. The van der Waals surface area contributed by atoms with E-state index in [0.29, 0.717) is 11.4 Å². The SMILES string of the molecule is Cc1ccc(Oc2ccccc2N)c(Br)c1. The fourth-order valence-corrected chi connectivity index (χ4v) is 1.95. The molecule has 2 aromatic rings. The van der Waals surface area contributed by atoms with E-state index in [1.807, 2.05) is 49.4 Å². The first-order valence-corrected chi connectivity index (χ1v) is 5.74. The molecule has 82 valence electrons. The van der Waals surface area contributed by atoms with E-state index in [2.05, 4.69) is 15.9 Å². The van der Waals surface area contributed by atoms with Crippen LogP contribution in [0.25, 0.3) is 0 Å². The van der Waals surface area contributed by atoms with Gasteiger partial charge in [-0.3, -0.25) is 0 Å². The van der Waals surface area contributed by atoms with Crippen molar-refractivity contribution in [2.45, 2.75) is 6.92 Å². The second-order valence-corrected chi connectivity index (χ2v) is 4.43. The Morgan fingerprint density at radius 2 is 1.81 bits per heavy atom. The van der Waals surface area contributed by atoms with Crippen LogP contribution in [0.2, 0.25) is 0 Å². The minimum absolute atomic E-state index is 0.634. The molecule has 3 heteroatoms. The normalized spacial score (nSPS) is 10.1. The van der Waals surface area contributed by atoms with Crippen LogP contribution in [0.15, 0.2) is 46.9 Å². The quantitative estimate of drug-likeness (QED) is 0.838. The number of para-hydroxylation sites is 2. The Morgan fingerprint density at radius 3 is 2.50 bits per heavy atom. The molecule has 0 aliphatic heterocycles. The number of ether oxygens (including phenoxy) is 1. The van der Waals surface area contributed by atoms with Crippen LogP contribution in [0.1, 0.15) is 5.56 Å². The van der Waals surface area contributed by atoms with Crippen molar-refractivity contribution in [1.82, 2.24) is 0 Å². The summed E-state index contributed by atoms with van der Waals surface area (Å²) < 4.78 is 6.65. The van der Waals surface area contributed by atoms with Gasteiger partial charge in [-0.15, -0.1) is 0 Å². The summed E-state index contributed by atoms with van der Waals surface area (Å²) in [6.45, 7) is 2.03. The van der Waals surface area contributed by atoms with Gasteiger partial charge < -0.3 is 10.5 Å². The molecule has 0 amide bonds. The number of benzene rings is 2. The van der Waals surface area contributed by atoms with Crippen LogP contribution in [0.4, 0.5) is 5.69 Å². The molecule has 16 heavy (non-hydrogen) atoms. The molecule has 2 nitrogen and oxygen atoms in total. The molecule has 0 saturated carbocycles. The first kappa shape index (κ1) is 11.0. The van der Waals surface area contributed by atoms with E-state index in [1.54, 1.807) is 0 Å². The smallest absolute Gasteiger partial charge is 0.150 e. The number of aryl methyl sites for hydroxylation is 1. The van der Waals surface area contributed by atoms with Crippen molar-refractivity contribution in [2.75, 3.05) is 5.73 Å². The number of hydrogen-bond acceptors (Lipinski definition) is 2. The number of hydrogen-bond donors (Lipinski definition) is 1. The van der Waals surface area contributed by atoms with Crippen molar-refractivity contribution < 1.29 is 4.74 Å². The molecule has 0 spiro atoms. The van der Waals surface area contributed by atoms with Crippen LogP contribution in [0.5, 0.6) is 11.5 Å². The molecule has 0 unspecified atom stereocenters. The zero-order valence-corrected chi connectivity index (χ0v) is 10.5. The Morgan fingerprint density at radius 1 is 1.06 bits per heavy atom. The van der Waals surface area contributed by atoms with Gasteiger partial charge >= 0.3 is 0 Å². The second kappa shape index (κ2) is 4.58. The number of rotatable bonds is 2. The highest BCUT2D eigenvalue weighted by molar-refractivity contribution is 9.10. The van der Waals surface area contributed by atoms with Crippen LogP contribution in [-0.2, 0) is 0 Å². The van der Waals surface area contributed by atoms with Crippen LogP contribution < -0.4 is 10.5 Å². The molecular weight excluding hydrogens is 266 g/mol. The lowest BCUT2D eigenvalue weighted by Crippen LogP contribution is -1.92. The minimum Gasteiger partial charge on any atom is -0.454 e. The Balaban J connectivity index is 2.31. The van der Waals surface area contributed by atoms with Gasteiger partial charge in [0.25, 0.3) is 0 Å². The summed E-state index contributed by atoms with van der Waals surface area (Å²) in [5.74, 6) is 1.44. The summed E-state index contributed by atoms with van der Waals surface area (Å²) in [4.78, 5) is 0. The maximum Gasteiger partial charge on any atom is 0.150 e. The molecule has 2 aromatic carbocycles. The van der Waals surface area contributed by atoms with Crippen LogP contribution in [-0.4, -0.2) is 0 Å². The predicted octanol–water partition coefficient (Wildman–Crippen LogP) is 4.13. The van der Waals surface area contributed by atoms with Crippen molar-refractivity contribution in [3.8, 4) is 11.5 Å². The highest BCUT2D eigenvalue weighted by atomic mass is 79.9. The third kappa shape index (κ3) is 2.36. The molecule has 2 rings (SSSR count). The van der Waals surface area contributed by atoms with Gasteiger partial charge in [-0.2, -0.15) is 0 Å². The summed E-state index contributed by atoms with van der Waals surface area (Å²) >= 11 is 3.46. The van der Waals surface area contributed by atoms with Crippen LogP contribution in [0.3, 0.4) is 0 Å². The maximum atomic E-state index is 5.81. The van der Waals surface area contributed by atoms with Crippen molar-refractivity contribution in [2.24, 2.45) is 0 Å². The lowest BCUT2D eigenvalue weighted by molar-refractivity contribution is 0.482. The molecule has 0 aromatic heterocycles. The van der Waals surface area contributed by atoms with E-state index in [-0.39, 0.29) is 0 Å². The second-order valence-electron chi connectivity index (χ2n) is 3.57. The number of anilines is 1. The largest absolute Gasteiger partial charge is 0.454 e. The van der Waals surface area contributed by atoms with Gasteiger partial charge in [-0.05, 0) is 52.7 Å². The summed E-state index contributed by atoms with van der Waals surface area (Å²) in [6, 6.07) is 13.4. The van der Waals surface area contributed by atoms with Gasteiger partial charge in [0, 0.05) is 0 Å². The molecule has 0 fully saturated rings. The summed E-state index contributed by atoms with van der Waals surface area (Å²) in [5.41, 5.74) is 7.62. The Kier molecular flexibility index (Phi) is 3.15. The molecular formula is C13H12BrNO. The van der Waals surface area contributed by atoms with Gasteiger partial charge in [-0.1, -0.05) is 18.2 Å². The van der Waals surface area contributed by atoms with E-state index in [9.17, 15) is 0 Å². The predicted molar refractivity (Wildman–Crippen MR) is 69.8 cm³/mol. The summed E-state index contributed by atoms with van der Waals surface area (Å²) in [5, 5.41) is 0. The molecule has 0 heterocycles. The molecule has 0 aliphatic carbocycles. The van der Waals surface area contributed by atoms with Crippen molar-refractivity contribution in [3.63, 3.8) is 0 Å². The van der Waals surface area contributed by atoms with Crippen LogP contribution in [0, 0.1) is 6.92 Å². The number of nitrogen functional groups attached to an aromatic ring is 1. The van der Waals surface area contributed by atoms with Gasteiger partial charge in [0.1, 0.15) is 11.5 Å². The third-order valence-corrected chi connectivity index (χ3v) is 2.85. The lowest BCUT2D eigenvalue weighted by atomic mass is 10.2. The fraction of sp³-hybridized carbons (Fsp3) is 0.0769. The Hall–Kier alpha value is -1.48. The fourth-order valence-electron chi connectivity index (χ4n) is 1.38. The number of nitrogens with two attached hydrogens (primary N) is 1. The van der Waals surface area contributed by atoms with Crippen molar-refractivity contribution >= 4 is 21.6 Å². The summed E-state index contributed by atoms with van der Waals surface area (Å²) in [6.07, 6.45) is 0. The standard InChI is InChI=1S/C13H12BrNO/c1-9-6-7-12(10(14)8-9)16-13-5-3-2-4-11(13)15/h2-8H,15H2,1H3. The van der Waals surface area contributed by atoms with E-state index in [0.717, 1.165) is 10.2 Å². The van der Waals surface area contributed by atoms with Gasteiger partial charge in [-0.25, -0.2) is 0 Å². The Bertz CT molecular complexity index is 511. The topological polar surface area (TPSA) is 35.2 Å². The molecule has 2 N–H and O–H groups in total. The van der Waals surface area contributed by atoms with Crippen LogP contribution >= 0.6 is 15.9 Å². The van der Waals surface area contributed by atoms with Gasteiger partial charge in [0.05, 0.1) is 10.2 Å². The van der Waals surface area contributed by atoms with E-state index in [4.69, 9.17) is 10.5 Å². The average Bonchev–Trinajstić information content (AvgIpc) is 2.25. The highest BCUT2D eigenvalue weighted by Gasteiger charge is 2.04. The van der Waals surface area contributed by atoms with Crippen molar-refractivity contribution in [3.05, 3.63) is 52.5 Å². The molecule has 0 aliphatic rings. The zero-order chi connectivity index (χ0) is 11.5.